The van der Waals surface area contributed by atoms with Crippen LogP contribution in [-0.2, 0) is 0 Å². The molecule has 0 fully saturated rings. The fraction of sp³-hybridized carbons (Fsp3) is 0.417. The smallest absolute Gasteiger partial charge is 0.229 e. The van der Waals surface area contributed by atoms with Crippen LogP contribution >= 0.6 is 11.3 Å². The average molecular weight is 280 g/mol. The van der Waals surface area contributed by atoms with Crippen LogP contribution in [0.2, 0.25) is 0 Å². The zero-order chi connectivity index (χ0) is 13.7. The van der Waals surface area contributed by atoms with E-state index >= 15 is 0 Å². The maximum atomic E-state index is 5.09. The molecule has 2 heterocycles. The molecule has 0 aromatic carbocycles. The molecule has 2 rings (SSSR count). The second kappa shape index (κ2) is 6.33. The van der Waals surface area contributed by atoms with Gasteiger partial charge in [-0.25, -0.2) is 4.98 Å². The van der Waals surface area contributed by atoms with Gasteiger partial charge >= 0.3 is 0 Å². The van der Waals surface area contributed by atoms with Gasteiger partial charge in [0.2, 0.25) is 17.7 Å². The fourth-order valence-electron chi connectivity index (χ4n) is 1.50. The number of nitrogens with one attached hydrogen (secondary N) is 1. The lowest BCUT2D eigenvalue weighted by Gasteiger charge is -2.11. The monoisotopic (exact) mass is 280 g/mol. The summed E-state index contributed by atoms with van der Waals surface area (Å²) in [6, 6.07) is 1.63. The molecular formula is C12H16N4O2S. The highest BCUT2D eigenvalue weighted by Gasteiger charge is 2.10. The molecule has 0 bridgehead atoms. The van der Waals surface area contributed by atoms with Crippen molar-refractivity contribution in [3.05, 3.63) is 22.7 Å². The highest BCUT2D eigenvalue weighted by molar-refractivity contribution is 7.09. The van der Waals surface area contributed by atoms with E-state index in [4.69, 9.17) is 9.47 Å². The molecule has 0 radical (unpaired) electrons. The minimum Gasteiger partial charge on any atom is -0.481 e. The zero-order valence-corrected chi connectivity index (χ0v) is 11.9. The van der Waals surface area contributed by atoms with Gasteiger partial charge in [-0.05, 0) is 0 Å². The first-order chi connectivity index (χ1) is 9.22. The third-order valence-corrected chi connectivity index (χ3v) is 3.54. The zero-order valence-electron chi connectivity index (χ0n) is 11.1. The van der Waals surface area contributed by atoms with Crippen molar-refractivity contribution in [1.82, 2.24) is 15.0 Å². The maximum absolute atomic E-state index is 5.09. The maximum Gasteiger partial charge on any atom is 0.229 e. The van der Waals surface area contributed by atoms with Crippen LogP contribution in [0.15, 0.2) is 17.6 Å². The number of anilines is 1. The quantitative estimate of drug-likeness (QED) is 0.874. The molecule has 0 aliphatic heterocycles. The lowest BCUT2D eigenvalue weighted by molar-refractivity contribution is 0.372. The van der Waals surface area contributed by atoms with Crippen molar-refractivity contribution in [2.75, 3.05) is 26.1 Å². The molecule has 0 amide bonds. The molecule has 0 spiro atoms. The first kappa shape index (κ1) is 13.5. The van der Waals surface area contributed by atoms with Crippen LogP contribution in [0, 0.1) is 0 Å². The molecule has 0 saturated heterocycles. The van der Waals surface area contributed by atoms with Crippen molar-refractivity contribution in [3.8, 4) is 11.8 Å². The Kier molecular flexibility index (Phi) is 4.51. The summed E-state index contributed by atoms with van der Waals surface area (Å²) in [5.41, 5.74) is 0. The first-order valence-corrected chi connectivity index (χ1v) is 6.71. The van der Waals surface area contributed by atoms with Gasteiger partial charge in [0.25, 0.3) is 0 Å². The Morgan fingerprint density at radius 3 is 2.47 bits per heavy atom. The van der Waals surface area contributed by atoms with Gasteiger partial charge in [-0.1, -0.05) is 6.92 Å². The summed E-state index contributed by atoms with van der Waals surface area (Å²) >= 11 is 1.64. The predicted molar refractivity (Wildman–Crippen MR) is 74.2 cm³/mol. The third kappa shape index (κ3) is 3.54. The summed E-state index contributed by atoms with van der Waals surface area (Å²) in [6.07, 6.45) is 1.81. The molecule has 7 heteroatoms. The standard InChI is InChI=1S/C12H16N4O2S/c1-8(11-13-4-5-19-11)7-14-12-15-9(17-2)6-10(16-12)18-3/h4-6,8H,7H2,1-3H3,(H,14,15,16). The molecule has 19 heavy (non-hydrogen) atoms. The van der Waals surface area contributed by atoms with E-state index < -0.39 is 0 Å². The summed E-state index contributed by atoms with van der Waals surface area (Å²) in [5, 5.41) is 6.22. The lowest BCUT2D eigenvalue weighted by atomic mass is 10.2. The second-order valence-corrected chi connectivity index (χ2v) is 4.85. The highest BCUT2D eigenvalue weighted by atomic mass is 32.1. The Hall–Kier alpha value is -1.89. The van der Waals surface area contributed by atoms with Crippen LogP contribution in [0.5, 0.6) is 11.8 Å². The predicted octanol–water partition coefficient (Wildman–Crippen LogP) is 2.17. The number of nitrogens with zero attached hydrogens (tertiary/aromatic N) is 3. The summed E-state index contributed by atoms with van der Waals surface area (Å²) in [5.74, 6) is 1.72. The number of methoxy groups -OCH3 is 2. The molecule has 0 saturated carbocycles. The van der Waals surface area contributed by atoms with Crippen molar-refractivity contribution in [2.45, 2.75) is 12.8 Å². The van der Waals surface area contributed by atoms with Gasteiger partial charge in [0.1, 0.15) is 0 Å². The summed E-state index contributed by atoms with van der Waals surface area (Å²) in [4.78, 5) is 12.7. The molecule has 2 aromatic heterocycles. The number of aromatic nitrogens is 3. The minimum absolute atomic E-state index is 0.292. The highest BCUT2D eigenvalue weighted by Crippen LogP contribution is 2.20. The van der Waals surface area contributed by atoms with E-state index in [0.717, 1.165) is 5.01 Å². The average Bonchev–Trinajstić information content (AvgIpc) is 2.98. The lowest BCUT2D eigenvalue weighted by Crippen LogP contribution is -2.12. The number of rotatable bonds is 6. The molecule has 1 unspecified atom stereocenters. The summed E-state index contributed by atoms with van der Waals surface area (Å²) in [7, 11) is 3.12. The molecule has 0 aliphatic carbocycles. The second-order valence-electron chi connectivity index (χ2n) is 3.93. The van der Waals surface area contributed by atoms with Crippen LogP contribution in [0.3, 0.4) is 0 Å². The van der Waals surface area contributed by atoms with E-state index in [-0.39, 0.29) is 0 Å². The van der Waals surface area contributed by atoms with E-state index in [1.807, 2.05) is 11.6 Å². The molecule has 6 nitrogen and oxygen atoms in total. The fourth-order valence-corrected chi connectivity index (χ4v) is 2.20. The van der Waals surface area contributed by atoms with Gasteiger partial charge in [-0.2, -0.15) is 9.97 Å². The Morgan fingerprint density at radius 1 is 1.26 bits per heavy atom. The Morgan fingerprint density at radius 2 is 1.95 bits per heavy atom. The van der Waals surface area contributed by atoms with Gasteiger partial charge in [0, 0.05) is 24.0 Å². The molecule has 102 valence electrons. The minimum atomic E-state index is 0.292. The van der Waals surface area contributed by atoms with Gasteiger partial charge in [0.05, 0.1) is 25.3 Å². The Labute approximate surface area is 115 Å². The van der Waals surface area contributed by atoms with Gasteiger partial charge in [-0.15, -0.1) is 11.3 Å². The van der Waals surface area contributed by atoms with E-state index in [1.165, 1.54) is 0 Å². The van der Waals surface area contributed by atoms with Crippen LogP contribution in [0.25, 0.3) is 0 Å². The van der Waals surface area contributed by atoms with Crippen LogP contribution in [0.4, 0.5) is 5.95 Å². The topological polar surface area (TPSA) is 69.2 Å². The van der Waals surface area contributed by atoms with Gasteiger partial charge in [0.15, 0.2) is 0 Å². The van der Waals surface area contributed by atoms with Crippen molar-refractivity contribution < 1.29 is 9.47 Å². The van der Waals surface area contributed by atoms with Crippen LogP contribution in [0.1, 0.15) is 17.8 Å². The number of hydrogen-bond donors (Lipinski definition) is 1. The van der Waals surface area contributed by atoms with Crippen LogP contribution in [-0.4, -0.2) is 35.7 Å². The SMILES string of the molecule is COc1cc(OC)nc(NCC(C)c2nccs2)n1. The van der Waals surface area contributed by atoms with Crippen molar-refractivity contribution in [1.29, 1.82) is 0 Å². The van der Waals surface area contributed by atoms with E-state index in [2.05, 4.69) is 27.2 Å². The molecule has 1 atom stereocenters. The molecular weight excluding hydrogens is 264 g/mol. The van der Waals surface area contributed by atoms with Gasteiger partial charge in [-0.3, -0.25) is 0 Å². The Bertz CT molecular complexity index is 496. The number of thiazole rings is 1. The summed E-state index contributed by atoms with van der Waals surface area (Å²) < 4.78 is 10.2. The van der Waals surface area contributed by atoms with Gasteiger partial charge < -0.3 is 14.8 Å². The largest absolute Gasteiger partial charge is 0.481 e. The van der Waals surface area contributed by atoms with E-state index in [1.54, 1.807) is 31.6 Å². The Balaban J connectivity index is 2.02. The van der Waals surface area contributed by atoms with Crippen molar-refractivity contribution in [2.24, 2.45) is 0 Å². The first-order valence-electron chi connectivity index (χ1n) is 5.83. The normalized spacial score (nSPS) is 11.9. The number of ether oxygens (including phenoxy) is 2. The van der Waals surface area contributed by atoms with E-state index in [0.29, 0.717) is 30.2 Å². The summed E-state index contributed by atoms with van der Waals surface area (Å²) in [6.45, 7) is 2.80. The van der Waals surface area contributed by atoms with Crippen molar-refractivity contribution >= 4 is 17.3 Å². The molecule has 1 N–H and O–H groups in total. The van der Waals surface area contributed by atoms with E-state index in [9.17, 15) is 0 Å². The van der Waals surface area contributed by atoms with Crippen LogP contribution < -0.4 is 14.8 Å². The molecule has 2 aromatic rings. The third-order valence-electron chi connectivity index (χ3n) is 2.54. The van der Waals surface area contributed by atoms with Crippen molar-refractivity contribution in [3.63, 3.8) is 0 Å². The number of hydrogen-bond acceptors (Lipinski definition) is 7. The molecule has 0 aliphatic rings.